The zero-order chi connectivity index (χ0) is 19.2. The number of hydrogen-bond donors (Lipinski definition) is 1. The summed E-state index contributed by atoms with van der Waals surface area (Å²) in [5.41, 5.74) is 0. The van der Waals surface area contributed by atoms with Crippen molar-refractivity contribution >= 4 is 47.2 Å². The molecule has 2 saturated heterocycles. The van der Waals surface area contributed by atoms with Gasteiger partial charge in [-0.15, -0.1) is 35.3 Å². The number of thiazole rings is 1. The molecule has 1 atom stereocenters. The average molecular weight is 520 g/mol. The maximum absolute atomic E-state index is 12.6. The number of carbonyl (C=O) groups is 1. The first-order chi connectivity index (χ1) is 13.1. The molecule has 158 valence electrons. The van der Waals surface area contributed by atoms with Crippen LogP contribution in [0.5, 0.6) is 0 Å². The first-order valence-corrected chi connectivity index (χ1v) is 10.9. The summed E-state index contributed by atoms with van der Waals surface area (Å²) in [4.78, 5) is 29.4. The third-order valence-electron chi connectivity index (χ3n) is 5.50. The van der Waals surface area contributed by atoms with Crippen LogP contribution in [-0.4, -0.2) is 83.9 Å². The number of aryl methyl sites for hydroxylation is 1. The van der Waals surface area contributed by atoms with Crippen LogP contribution in [0.2, 0.25) is 0 Å². The summed E-state index contributed by atoms with van der Waals surface area (Å²) in [6.45, 7) is 10.3. The minimum absolute atomic E-state index is 0. The molecular weight excluding hydrogens is 487 g/mol. The third-order valence-corrected chi connectivity index (χ3v) is 6.64. The maximum atomic E-state index is 12.6. The van der Waals surface area contributed by atoms with E-state index in [0.717, 1.165) is 69.5 Å². The Bertz CT molecular complexity index is 653. The third kappa shape index (κ3) is 5.79. The Labute approximate surface area is 189 Å². The highest BCUT2D eigenvalue weighted by atomic mass is 127. The topological polar surface area (TPSA) is 64.1 Å². The molecular formula is C19H33IN6OS. The fourth-order valence-corrected chi connectivity index (χ4v) is 4.56. The SMILES string of the molecule is CCc1cnc(CNC(=NC)N2CCN(C(C)C(=O)N3CCCC3)CC2)s1.I. The lowest BCUT2D eigenvalue weighted by Crippen LogP contribution is -2.57. The van der Waals surface area contributed by atoms with Gasteiger partial charge in [0.05, 0.1) is 12.6 Å². The molecule has 1 aromatic rings. The number of nitrogens with zero attached hydrogens (tertiary/aromatic N) is 5. The fraction of sp³-hybridized carbons (Fsp3) is 0.737. The predicted molar refractivity (Wildman–Crippen MR) is 126 cm³/mol. The molecule has 1 amide bonds. The molecule has 0 aliphatic carbocycles. The van der Waals surface area contributed by atoms with Gasteiger partial charge in [-0.05, 0) is 26.2 Å². The number of halogens is 1. The highest BCUT2D eigenvalue weighted by molar-refractivity contribution is 14.0. The van der Waals surface area contributed by atoms with E-state index < -0.39 is 0 Å². The van der Waals surface area contributed by atoms with Gasteiger partial charge >= 0.3 is 0 Å². The summed E-state index contributed by atoms with van der Waals surface area (Å²) in [5.74, 6) is 1.21. The zero-order valence-corrected chi connectivity index (χ0v) is 20.3. The summed E-state index contributed by atoms with van der Waals surface area (Å²) in [5, 5.41) is 4.53. The second-order valence-electron chi connectivity index (χ2n) is 7.21. The smallest absolute Gasteiger partial charge is 0.239 e. The molecule has 9 heteroatoms. The number of carbonyl (C=O) groups excluding carboxylic acids is 1. The van der Waals surface area contributed by atoms with Crippen LogP contribution in [0.15, 0.2) is 11.2 Å². The molecule has 2 aliphatic rings. The highest BCUT2D eigenvalue weighted by Crippen LogP contribution is 2.15. The van der Waals surface area contributed by atoms with Gasteiger partial charge in [0.1, 0.15) is 5.01 Å². The van der Waals surface area contributed by atoms with E-state index in [1.165, 1.54) is 4.88 Å². The molecule has 7 nitrogen and oxygen atoms in total. The summed E-state index contributed by atoms with van der Waals surface area (Å²) < 4.78 is 0. The van der Waals surface area contributed by atoms with Gasteiger partial charge in [-0.1, -0.05) is 6.92 Å². The normalized spacial score (nSPS) is 19.5. The Kier molecular flexibility index (Phi) is 9.42. The Morgan fingerprint density at radius 1 is 1.21 bits per heavy atom. The molecule has 0 bridgehead atoms. The van der Waals surface area contributed by atoms with E-state index in [1.807, 2.05) is 18.1 Å². The first kappa shape index (κ1) is 23.3. The van der Waals surface area contributed by atoms with Crippen LogP contribution in [0, 0.1) is 0 Å². The fourth-order valence-electron chi connectivity index (χ4n) is 3.76. The van der Waals surface area contributed by atoms with Crippen LogP contribution < -0.4 is 5.32 Å². The van der Waals surface area contributed by atoms with Crippen molar-refractivity contribution in [1.29, 1.82) is 0 Å². The summed E-state index contributed by atoms with van der Waals surface area (Å²) in [6, 6.07) is -0.0250. The van der Waals surface area contributed by atoms with Gasteiger partial charge in [0, 0.05) is 57.4 Å². The monoisotopic (exact) mass is 520 g/mol. The van der Waals surface area contributed by atoms with Crippen LogP contribution >= 0.6 is 35.3 Å². The van der Waals surface area contributed by atoms with Crippen molar-refractivity contribution in [1.82, 2.24) is 25.0 Å². The minimum Gasteiger partial charge on any atom is -0.350 e. The number of rotatable bonds is 5. The molecule has 28 heavy (non-hydrogen) atoms. The van der Waals surface area contributed by atoms with Crippen LogP contribution in [-0.2, 0) is 17.8 Å². The largest absolute Gasteiger partial charge is 0.350 e. The number of hydrogen-bond acceptors (Lipinski definition) is 5. The number of aromatic nitrogens is 1. The molecule has 2 aliphatic heterocycles. The van der Waals surface area contributed by atoms with Crippen LogP contribution in [0.4, 0.5) is 0 Å². The van der Waals surface area contributed by atoms with Crippen molar-refractivity contribution in [3.05, 3.63) is 16.1 Å². The summed E-state index contributed by atoms with van der Waals surface area (Å²) in [6.07, 6.45) is 5.28. The van der Waals surface area contributed by atoms with Gasteiger partial charge in [-0.2, -0.15) is 0 Å². The van der Waals surface area contributed by atoms with Crippen molar-refractivity contribution in [2.45, 2.75) is 45.7 Å². The molecule has 2 fully saturated rings. The van der Waals surface area contributed by atoms with E-state index in [1.54, 1.807) is 11.3 Å². The molecule has 3 heterocycles. The van der Waals surface area contributed by atoms with Gasteiger partial charge in [0.15, 0.2) is 5.96 Å². The van der Waals surface area contributed by atoms with Crippen LogP contribution in [0.1, 0.15) is 36.6 Å². The second-order valence-corrected chi connectivity index (χ2v) is 8.41. The van der Waals surface area contributed by atoms with Crippen LogP contribution in [0.25, 0.3) is 0 Å². The van der Waals surface area contributed by atoms with Crippen molar-refractivity contribution in [2.24, 2.45) is 4.99 Å². The average Bonchev–Trinajstić information content (AvgIpc) is 3.40. The Balaban J connectivity index is 0.00000280. The van der Waals surface area contributed by atoms with Gasteiger partial charge in [0.2, 0.25) is 5.91 Å². The quantitative estimate of drug-likeness (QED) is 0.366. The van der Waals surface area contributed by atoms with E-state index in [4.69, 9.17) is 0 Å². The van der Waals surface area contributed by atoms with E-state index in [-0.39, 0.29) is 30.0 Å². The number of piperazine rings is 1. The highest BCUT2D eigenvalue weighted by Gasteiger charge is 2.30. The van der Waals surface area contributed by atoms with E-state index >= 15 is 0 Å². The van der Waals surface area contributed by atoms with Crippen molar-refractivity contribution in [3.63, 3.8) is 0 Å². The lowest BCUT2D eigenvalue weighted by molar-refractivity contribution is -0.135. The molecule has 3 rings (SSSR count). The molecule has 1 N–H and O–H groups in total. The molecule has 0 saturated carbocycles. The van der Waals surface area contributed by atoms with Gasteiger partial charge in [-0.3, -0.25) is 14.7 Å². The Morgan fingerprint density at radius 2 is 1.89 bits per heavy atom. The summed E-state index contributed by atoms with van der Waals surface area (Å²) in [7, 11) is 1.83. The number of guanidine groups is 1. The molecule has 1 unspecified atom stereocenters. The van der Waals surface area contributed by atoms with E-state index in [0.29, 0.717) is 12.5 Å². The number of aliphatic imine (C=N–C) groups is 1. The second kappa shape index (κ2) is 11.3. The molecule has 0 aromatic carbocycles. The van der Waals surface area contributed by atoms with Crippen molar-refractivity contribution in [3.8, 4) is 0 Å². The summed E-state index contributed by atoms with van der Waals surface area (Å²) >= 11 is 1.75. The van der Waals surface area contributed by atoms with Crippen molar-refractivity contribution in [2.75, 3.05) is 46.3 Å². The van der Waals surface area contributed by atoms with Gasteiger partial charge in [0.25, 0.3) is 0 Å². The van der Waals surface area contributed by atoms with Crippen LogP contribution in [0.3, 0.4) is 0 Å². The zero-order valence-electron chi connectivity index (χ0n) is 17.2. The number of nitrogens with one attached hydrogen (secondary N) is 1. The van der Waals surface area contributed by atoms with Gasteiger partial charge in [-0.25, -0.2) is 4.98 Å². The Morgan fingerprint density at radius 3 is 2.46 bits per heavy atom. The molecule has 0 spiro atoms. The predicted octanol–water partition coefficient (Wildman–Crippen LogP) is 2.03. The molecule has 0 radical (unpaired) electrons. The lowest BCUT2D eigenvalue weighted by Gasteiger charge is -2.39. The van der Waals surface area contributed by atoms with E-state index in [9.17, 15) is 4.79 Å². The Hall–Kier alpha value is -0.940. The molecule has 1 aromatic heterocycles. The first-order valence-electron chi connectivity index (χ1n) is 10.0. The minimum atomic E-state index is -0.0250. The lowest BCUT2D eigenvalue weighted by atomic mass is 10.2. The number of amides is 1. The maximum Gasteiger partial charge on any atom is 0.239 e. The van der Waals surface area contributed by atoms with Gasteiger partial charge < -0.3 is 15.1 Å². The van der Waals surface area contributed by atoms with E-state index in [2.05, 4.69) is 38.9 Å². The standard InChI is InChI=1S/C19H32N6OS.HI/c1-4-16-13-21-17(27-16)14-22-19(20-3)25-11-9-23(10-12-25)15(2)18(26)24-7-5-6-8-24;/h13,15H,4-12,14H2,1-3H3,(H,20,22);1H. The van der Waals surface area contributed by atoms with Crippen molar-refractivity contribution < 1.29 is 4.79 Å². The number of likely N-dealkylation sites (tertiary alicyclic amines) is 1.